The Bertz CT molecular complexity index is 807. The average molecular weight is 378 g/mol. The third-order valence-corrected chi connectivity index (χ3v) is 5.58. The molecular weight excluding hydrogens is 350 g/mol. The topological polar surface area (TPSA) is 73.2 Å². The monoisotopic (exact) mass is 377 g/mol. The molecule has 0 fully saturated rings. The Balaban J connectivity index is 2.05. The summed E-state index contributed by atoms with van der Waals surface area (Å²) in [6.45, 7) is 9.47. The number of aryl methyl sites for hydroxylation is 4. The molecule has 1 atom stereocenters. The van der Waals surface area contributed by atoms with Gasteiger partial charge in [0.25, 0.3) is 5.91 Å². The third-order valence-electron chi connectivity index (χ3n) is 4.37. The van der Waals surface area contributed by atoms with Crippen molar-refractivity contribution in [3.8, 4) is 0 Å². The Morgan fingerprint density at radius 1 is 1.35 bits per heavy atom. The predicted octanol–water partition coefficient (Wildman–Crippen LogP) is 3.80. The Labute approximate surface area is 158 Å². The molecule has 142 valence electrons. The van der Waals surface area contributed by atoms with Gasteiger partial charge in [0.15, 0.2) is 6.10 Å². The van der Waals surface area contributed by atoms with Gasteiger partial charge in [-0.15, -0.1) is 11.3 Å². The molecule has 0 aliphatic heterocycles. The summed E-state index contributed by atoms with van der Waals surface area (Å²) >= 11 is 1.46. The maximum Gasteiger partial charge on any atom is 0.349 e. The normalized spacial score (nSPS) is 12.1. The van der Waals surface area contributed by atoms with E-state index in [9.17, 15) is 9.59 Å². The second-order valence-electron chi connectivity index (χ2n) is 6.37. The molecule has 6 nitrogen and oxygen atoms in total. The van der Waals surface area contributed by atoms with Crippen LogP contribution in [0.5, 0.6) is 0 Å². The van der Waals surface area contributed by atoms with E-state index in [1.165, 1.54) is 21.8 Å². The highest BCUT2D eigenvalue weighted by Gasteiger charge is 2.23. The van der Waals surface area contributed by atoms with Gasteiger partial charge in [0.05, 0.1) is 17.1 Å². The highest BCUT2D eigenvalue weighted by molar-refractivity contribution is 7.14. The van der Waals surface area contributed by atoms with Crippen LogP contribution in [0.4, 0.5) is 5.69 Å². The van der Waals surface area contributed by atoms with Crippen LogP contribution in [-0.2, 0) is 29.4 Å². The second kappa shape index (κ2) is 8.49. The first-order valence-corrected chi connectivity index (χ1v) is 9.73. The zero-order valence-corrected chi connectivity index (χ0v) is 17.1. The number of carbonyl (C=O) groups excluding carboxylic acids is 2. The lowest BCUT2D eigenvalue weighted by atomic mass is 10.1. The molecule has 2 aromatic heterocycles. The number of nitrogens with zero attached hydrogens (tertiary/aromatic N) is 2. The smallest absolute Gasteiger partial charge is 0.349 e. The molecule has 0 saturated carbocycles. The average Bonchev–Trinajstić information content (AvgIpc) is 3.11. The lowest BCUT2D eigenvalue weighted by Gasteiger charge is -2.13. The molecule has 2 rings (SSSR count). The SMILES string of the molecule is CCCc1sc(C(=O)O[C@H](C)C(=O)Nc2c(C)nn(C)c2C)cc1CC. The summed E-state index contributed by atoms with van der Waals surface area (Å²) in [4.78, 5) is 26.6. The predicted molar refractivity (Wildman–Crippen MR) is 104 cm³/mol. The highest BCUT2D eigenvalue weighted by Crippen LogP contribution is 2.26. The minimum atomic E-state index is -0.886. The number of rotatable bonds is 7. The van der Waals surface area contributed by atoms with Crippen LogP contribution in [0.25, 0.3) is 0 Å². The van der Waals surface area contributed by atoms with Crippen molar-refractivity contribution >= 4 is 28.9 Å². The van der Waals surface area contributed by atoms with Crippen molar-refractivity contribution in [1.82, 2.24) is 9.78 Å². The molecule has 0 radical (unpaired) electrons. The van der Waals surface area contributed by atoms with Gasteiger partial charge in [0.2, 0.25) is 0 Å². The van der Waals surface area contributed by atoms with Crippen molar-refractivity contribution in [3.63, 3.8) is 0 Å². The molecule has 2 heterocycles. The fraction of sp³-hybridized carbons (Fsp3) is 0.526. The molecule has 0 saturated heterocycles. The fourth-order valence-corrected chi connectivity index (χ4v) is 4.00. The van der Waals surface area contributed by atoms with E-state index < -0.39 is 12.1 Å². The molecule has 0 aliphatic carbocycles. The first-order chi connectivity index (χ1) is 12.3. The van der Waals surface area contributed by atoms with Gasteiger partial charge in [-0.1, -0.05) is 20.3 Å². The number of ether oxygens (including phenoxy) is 1. The molecule has 0 aliphatic rings. The van der Waals surface area contributed by atoms with Crippen molar-refractivity contribution in [3.05, 3.63) is 32.8 Å². The second-order valence-corrected chi connectivity index (χ2v) is 7.51. The number of carbonyl (C=O) groups is 2. The number of hydrogen-bond donors (Lipinski definition) is 1. The molecular formula is C19H27N3O3S. The molecule has 0 unspecified atom stereocenters. The van der Waals surface area contributed by atoms with Crippen LogP contribution < -0.4 is 5.32 Å². The number of aromatic nitrogens is 2. The lowest BCUT2D eigenvalue weighted by molar-refractivity contribution is -0.123. The summed E-state index contributed by atoms with van der Waals surface area (Å²) in [5.41, 5.74) is 3.42. The Hall–Kier alpha value is -2.15. The Morgan fingerprint density at radius 2 is 2.04 bits per heavy atom. The van der Waals surface area contributed by atoms with Gasteiger partial charge >= 0.3 is 5.97 Å². The molecule has 7 heteroatoms. The van der Waals surface area contributed by atoms with E-state index in [-0.39, 0.29) is 5.91 Å². The zero-order valence-electron chi connectivity index (χ0n) is 16.3. The quantitative estimate of drug-likeness (QED) is 0.745. The largest absolute Gasteiger partial charge is 0.448 e. The molecule has 0 aromatic carbocycles. The van der Waals surface area contributed by atoms with Crippen LogP contribution in [0.3, 0.4) is 0 Å². The summed E-state index contributed by atoms with van der Waals surface area (Å²) in [5.74, 6) is -0.812. The first kappa shape index (κ1) is 20.2. The number of amides is 1. The van der Waals surface area contributed by atoms with E-state index in [2.05, 4.69) is 24.3 Å². The molecule has 0 spiro atoms. The van der Waals surface area contributed by atoms with E-state index in [4.69, 9.17) is 4.74 Å². The van der Waals surface area contributed by atoms with E-state index in [0.29, 0.717) is 10.6 Å². The Kier molecular flexibility index (Phi) is 6.58. The minimum Gasteiger partial charge on any atom is -0.448 e. The van der Waals surface area contributed by atoms with Gasteiger partial charge in [-0.05, 0) is 45.2 Å². The van der Waals surface area contributed by atoms with Crippen LogP contribution in [0.15, 0.2) is 6.07 Å². The maximum atomic E-state index is 12.4. The summed E-state index contributed by atoms with van der Waals surface area (Å²) in [7, 11) is 1.82. The molecule has 1 amide bonds. The van der Waals surface area contributed by atoms with Crippen molar-refractivity contribution in [2.75, 3.05) is 5.32 Å². The standard InChI is InChI=1S/C19H27N3O3S/c1-7-9-15-14(8-2)10-16(26-15)19(24)25-13(5)18(23)20-17-11(3)21-22(6)12(17)4/h10,13H,7-9H2,1-6H3,(H,20,23)/t13-/m1/s1. The van der Waals surface area contributed by atoms with Gasteiger partial charge in [-0.25, -0.2) is 4.79 Å². The number of esters is 1. The lowest BCUT2D eigenvalue weighted by Crippen LogP contribution is -2.30. The number of thiophene rings is 1. The highest BCUT2D eigenvalue weighted by atomic mass is 32.1. The molecule has 1 N–H and O–H groups in total. The van der Waals surface area contributed by atoms with Crippen LogP contribution in [0.2, 0.25) is 0 Å². The van der Waals surface area contributed by atoms with Crippen molar-refractivity contribution < 1.29 is 14.3 Å². The van der Waals surface area contributed by atoms with Gasteiger partial charge in [-0.2, -0.15) is 5.10 Å². The zero-order chi connectivity index (χ0) is 19.4. The van der Waals surface area contributed by atoms with E-state index >= 15 is 0 Å². The van der Waals surface area contributed by atoms with E-state index in [1.807, 2.05) is 27.0 Å². The summed E-state index contributed by atoms with van der Waals surface area (Å²) in [5, 5.41) is 7.07. The Morgan fingerprint density at radius 3 is 2.58 bits per heavy atom. The molecule has 26 heavy (non-hydrogen) atoms. The van der Waals surface area contributed by atoms with Crippen molar-refractivity contribution in [1.29, 1.82) is 0 Å². The fourth-order valence-electron chi connectivity index (χ4n) is 2.76. The third kappa shape index (κ3) is 4.33. The number of anilines is 1. The summed E-state index contributed by atoms with van der Waals surface area (Å²) in [6, 6.07) is 1.89. The van der Waals surface area contributed by atoms with Gasteiger partial charge < -0.3 is 10.1 Å². The van der Waals surface area contributed by atoms with Crippen LogP contribution in [0.1, 0.15) is 58.7 Å². The van der Waals surface area contributed by atoms with Crippen LogP contribution >= 0.6 is 11.3 Å². The molecule has 2 aromatic rings. The maximum absolute atomic E-state index is 12.4. The minimum absolute atomic E-state index is 0.362. The summed E-state index contributed by atoms with van der Waals surface area (Å²) < 4.78 is 7.08. The van der Waals surface area contributed by atoms with Gasteiger partial charge in [0, 0.05) is 11.9 Å². The first-order valence-electron chi connectivity index (χ1n) is 8.92. The van der Waals surface area contributed by atoms with Gasteiger partial charge in [0.1, 0.15) is 4.88 Å². The molecule has 0 bridgehead atoms. The van der Waals surface area contributed by atoms with Gasteiger partial charge in [-0.3, -0.25) is 9.48 Å². The number of nitrogens with one attached hydrogen (secondary N) is 1. The van der Waals surface area contributed by atoms with E-state index in [0.717, 1.165) is 30.7 Å². The van der Waals surface area contributed by atoms with Crippen LogP contribution in [0, 0.1) is 13.8 Å². The van der Waals surface area contributed by atoms with E-state index in [1.54, 1.807) is 11.6 Å². The van der Waals surface area contributed by atoms with Crippen LogP contribution in [-0.4, -0.2) is 27.8 Å². The number of hydrogen-bond acceptors (Lipinski definition) is 5. The summed E-state index contributed by atoms with van der Waals surface area (Å²) in [6.07, 6.45) is 1.99. The van der Waals surface area contributed by atoms with Crippen molar-refractivity contribution in [2.45, 2.75) is 60.0 Å². The van der Waals surface area contributed by atoms with Crippen molar-refractivity contribution in [2.24, 2.45) is 7.05 Å².